The molecule has 1 fully saturated rings. The van der Waals surface area contributed by atoms with E-state index in [2.05, 4.69) is 5.32 Å². The summed E-state index contributed by atoms with van der Waals surface area (Å²) in [6.07, 6.45) is 3.74. The smallest absolute Gasteiger partial charge is 0.246 e. The summed E-state index contributed by atoms with van der Waals surface area (Å²) in [7, 11) is 1.50. The van der Waals surface area contributed by atoms with Gasteiger partial charge in [-0.25, -0.2) is 0 Å². The van der Waals surface area contributed by atoms with E-state index in [0.717, 1.165) is 25.7 Å². The van der Waals surface area contributed by atoms with Gasteiger partial charge in [0.05, 0.1) is 6.10 Å². The highest BCUT2D eigenvalue weighted by molar-refractivity contribution is 5.77. The lowest BCUT2D eigenvalue weighted by atomic mass is 9.73. The topological polar surface area (TPSA) is 58.6 Å². The summed E-state index contributed by atoms with van der Waals surface area (Å²) in [5.74, 6) is -0.114. The van der Waals surface area contributed by atoms with Crippen molar-refractivity contribution in [2.24, 2.45) is 5.41 Å². The first-order valence-corrected chi connectivity index (χ1v) is 5.52. The van der Waals surface area contributed by atoms with E-state index in [1.165, 1.54) is 7.11 Å². The molecule has 0 spiro atoms. The molecule has 1 saturated carbocycles. The van der Waals surface area contributed by atoms with E-state index in [-0.39, 0.29) is 24.0 Å². The van der Waals surface area contributed by atoms with Gasteiger partial charge in [0.2, 0.25) is 5.91 Å². The zero-order chi connectivity index (χ0) is 11.3. The van der Waals surface area contributed by atoms with Gasteiger partial charge in [-0.3, -0.25) is 4.79 Å². The quantitative estimate of drug-likeness (QED) is 0.725. The molecule has 1 amide bonds. The van der Waals surface area contributed by atoms with Gasteiger partial charge in [0, 0.05) is 19.1 Å². The Morgan fingerprint density at radius 1 is 1.60 bits per heavy atom. The molecule has 0 aliphatic heterocycles. The maximum Gasteiger partial charge on any atom is 0.246 e. The van der Waals surface area contributed by atoms with E-state index < -0.39 is 0 Å². The predicted molar refractivity (Wildman–Crippen MR) is 57.5 cm³/mol. The van der Waals surface area contributed by atoms with E-state index >= 15 is 0 Å². The van der Waals surface area contributed by atoms with Crippen LogP contribution >= 0.6 is 0 Å². The van der Waals surface area contributed by atoms with E-state index in [1.807, 2.05) is 6.92 Å². The fourth-order valence-electron chi connectivity index (χ4n) is 2.07. The molecule has 1 rings (SSSR count). The highest BCUT2D eigenvalue weighted by atomic mass is 16.5. The van der Waals surface area contributed by atoms with Gasteiger partial charge in [-0.2, -0.15) is 0 Å². The summed E-state index contributed by atoms with van der Waals surface area (Å²) in [6, 6.07) is 0. The Kier molecular flexibility index (Phi) is 4.54. The average molecular weight is 215 g/mol. The highest BCUT2D eigenvalue weighted by Crippen LogP contribution is 2.35. The van der Waals surface area contributed by atoms with Crippen LogP contribution in [0, 0.1) is 5.41 Å². The van der Waals surface area contributed by atoms with E-state index in [4.69, 9.17) is 4.74 Å². The van der Waals surface area contributed by atoms with Crippen LogP contribution in [0.4, 0.5) is 0 Å². The maximum absolute atomic E-state index is 11.2. The van der Waals surface area contributed by atoms with Crippen LogP contribution in [0.3, 0.4) is 0 Å². The van der Waals surface area contributed by atoms with Crippen LogP contribution < -0.4 is 5.32 Å². The highest BCUT2D eigenvalue weighted by Gasteiger charge is 2.35. The number of ether oxygens (including phenoxy) is 1. The number of amides is 1. The monoisotopic (exact) mass is 215 g/mol. The molecule has 1 aliphatic rings. The Labute approximate surface area is 91.0 Å². The van der Waals surface area contributed by atoms with Gasteiger partial charge in [0.15, 0.2) is 0 Å². The van der Waals surface area contributed by atoms with Gasteiger partial charge >= 0.3 is 0 Å². The van der Waals surface area contributed by atoms with Crippen molar-refractivity contribution in [3.63, 3.8) is 0 Å². The first-order valence-electron chi connectivity index (χ1n) is 5.52. The summed E-state index contributed by atoms with van der Waals surface area (Å²) in [6.45, 7) is 2.66. The third kappa shape index (κ3) is 3.47. The molecular weight excluding hydrogens is 194 g/mol. The number of aliphatic hydroxyl groups is 1. The minimum Gasteiger partial charge on any atom is -0.392 e. The van der Waals surface area contributed by atoms with Gasteiger partial charge in [-0.15, -0.1) is 0 Å². The van der Waals surface area contributed by atoms with Crippen LogP contribution in [0.15, 0.2) is 0 Å². The molecule has 0 saturated heterocycles. The molecule has 2 N–H and O–H groups in total. The van der Waals surface area contributed by atoms with Gasteiger partial charge in [-0.1, -0.05) is 19.8 Å². The van der Waals surface area contributed by atoms with Crippen LogP contribution in [-0.4, -0.2) is 37.4 Å². The van der Waals surface area contributed by atoms with Crippen molar-refractivity contribution in [2.75, 3.05) is 20.3 Å². The molecule has 88 valence electrons. The van der Waals surface area contributed by atoms with Gasteiger partial charge in [0.25, 0.3) is 0 Å². The second-order valence-electron chi connectivity index (χ2n) is 4.63. The van der Waals surface area contributed by atoms with E-state index in [1.54, 1.807) is 0 Å². The van der Waals surface area contributed by atoms with Gasteiger partial charge in [-0.05, 0) is 12.8 Å². The average Bonchev–Trinajstić information content (AvgIpc) is 2.21. The number of hydrogen-bond acceptors (Lipinski definition) is 3. The van der Waals surface area contributed by atoms with E-state index in [9.17, 15) is 9.90 Å². The van der Waals surface area contributed by atoms with Crippen LogP contribution in [0.25, 0.3) is 0 Å². The normalized spacial score (nSPS) is 31.3. The van der Waals surface area contributed by atoms with Crippen molar-refractivity contribution in [1.82, 2.24) is 5.32 Å². The van der Waals surface area contributed by atoms with Crippen molar-refractivity contribution >= 4 is 5.91 Å². The molecule has 2 atom stereocenters. The molecule has 0 aromatic heterocycles. The molecule has 4 nitrogen and oxygen atoms in total. The van der Waals surface area contributed by atoms with Gasteiger partial charge in [0.1, 0.15) is 6.61 Å². The number of methoxy groups -OCH3 is 1. The van der Waals surface area contributed by atoms with Crippen molar-refractivity contribution in [3.05, 3.63) is 0 Å². The number of carbonyl (C=O) groups is 1. The Morgan fingerprint density at radius 3 is 2.93 bits per heavy atom. The minimum atomic E-state index is -0.297. The molecule has 0 aromatic rings. The molecule has 0 aromatic carbocycles. The van der Waals surface area contributed by atoms with E-state index in [0.29, 0.717) is 6.54 Å². The number of carbonyl (C=O) groups excluding carboxylic acids is 1. The minimum absolute atomic E-state index is 0.0895. The number of rotatable bonds is 4. The number of nitrogens with one attached hydrogen (secondary N) is 1. The molecular formula is C11H21NO3. The van der Waals surface area contributed by atoms with Crippen LogP contribution in [0.1, 0.15) is 32.6 Å². The van der Waals surface area contributed by atoms with Crippen molar-refractivity contribution in [1.29, 1.82) is 0 Å². The zero-order valence-corrected chi connectivity index (χ0v) is 9.58. The maximum atomic E-state index is 11.2. The lowest BCUT2D eigenvalue weighted by molar-refractivity contribution is -0.125. The van der Waals surface area contributed by atoms with Crippen LogP contribution in [-0.2, 0) is 9.53 Å². The SMILES string of the molecule is COCC(=O)NC[C@]1(C)CCCC[C@@H]1O. The Bertz CT molecular complexity index is 220. The summed E-state index contributed by atoms with van der Waals surface area (Å²) in [5.41, 5.74) is -0.165. The second-order valence-corrected chi connectivity index (χ2v) is 4.63. The predicted octanol–water partition coefficient (Wildman–Crippen LogP) is 0.690. The van der Waals surface area contributed by atoms with Gasteiger partial charge < -0.3 is 15.2 Å². The van der Waals surface area contributed by atoms with Crippen LogP contribution in [0.5, 0.6) is 0 Å². The summed E-state index contributed by atoms with van der Waals surface area (Å²) in [5, 5.41) is 12.7. The molecule has 4 heteroatoms. The Morgan fingerprint density at radius 2 is 2.33 bits per heavy atom. The molecule has 0 unspecified atom stereocenters. The number of hydrogen-bond donors (Lipinski definition) is 2. The van der Waals surface area contributed by atoms with Crippen LogP contribution in [0.2, 0.25) is 0 Å². The largest absolute Gasteiger partial charge is 0.392 e. The first kappa shape index (κ1) is 12.5. The molecule has 1 aliphatic carbocycles. The second kappa shape index (κ2) is 5.47. The Hall–Kier alpha value is -0.610. The van der Waals surface area contributed by atoms with Crippen molar-refractivity contribution < 1.29 is 14.6 Å². The molecule has 0 bridgehead atoms. The van der Waals surface area contributed by atoms with Crippen molar-refractivity contribution in [3.8, 4) is 0 Å². The lowest BCUT2D eigenvalue weighted by Crippen LogP contribution is -2.45. The third-order valence-electron chi connectivity index (χ3n) is 3.24. The third-order valence-corrected chi connectivity index (χ3v) is 3.24. The fraction of sp³-hybridized carbons (Fsp3) is 0.909. The fourth-order valence-corrected chi connectivity index (χ4v) is 2.07. The Balaban J connectivity index is 2.37. The summed E-state index contributed by atoms with van der Waals surface area (Å²) < 4.78 is 4.73. The van der Waals surface area contributed by atoms with Crippen molar-refractivity contribution in [2.45, 2.75) is 38.7 Å². The lowest BCUT2D eigenvalue weighted by Gasteiger charge is -2.38. The zero-order valence-electron chi connectivity index (χ0n) is 9.58. The standard InChI is InChI=1S/C11H21NO3/c1-11(6-4-3-5-9(11)13)8-12-10(14)7-15-2/h9,13H,3-8H2,1-2H3,(H,12,14)/t9-,11-/m0/s1. The summed E-state index contributed by atoms with van der Waals surface area (Å²) in [4.78, 5) is 11.2. The molecule has 0 radical (unpaired) electrons. The molecule has 0 heterocycles. The summed E-state index contributed by atoms with van der Waals surface area (Å²) >= 11 is 0. The first-order chi connectivity index (χ1) is 7.08. The number of aliphatic hydroxyl groups excluding tert-OH is 1. The molecule has 15 heavy (non-hydrogen) atoms.